The van der Waals surface area contributed by atoms with E-state index in [1.54, 1.807) is 18.7 Å². The fraction of sp³-hybridized carbons (Fsp3) is 0.500. The highest BCUT2D eigenvalue weighted by molar-refractivity contribution is 5.85. The average molecular weight is 398 g/mol. The monoisotopic (exact) mass is 397 g/mol. The second-order valence-electron chi connectivity index (χ2n) is 6.82. The van der Waals surface area contributed by atoms with Gasteiger partial charge in [-0.25, -0.2) is 9.97 Å². The van der Waals surface area contributed by atoms with Crippen LogP contribution in [0, 0.1) is 5.92 Å². The maximum absolute atomic E-state index is 12.5. The third kappa shape index (κ3) is 4.55. The van der Waals surface area contributed by atoms with E-state index >= 15 is 0 Å². The summed E-state index contributed by atoms with van der Waals surface area (Å²) in [7, 11) is 0. The predicted molar refractivity (Wildman–Crippen MR) is 105 cm³/mol. The summed E-state index contributed by atoms with van der Waals surface area (Å²) < 4.78 is 1.86. The molecular weight excluding hydrogens is 373 g/mol. The number of halogens is 2. The number of pyridine rings is 1. The van der Waals surface area contributed by atoms with E-state index in [9.17, 15) is 4.79 Å². The van der Waals surface area contributed by atoms with Crippen molar-refractivity contribution in [3.8, 4) is 5.82 Å². The summed E-state index contributed by atoms with van der Waals surface area (Å²) in [6.45, 7) is 0.524. The van der Waals surface area contributed by atoms with Gasteiger partial charge in [0, 0.05) is 31.2 Å². The first-order chi connectivity index (χ1) is 11.8. The minimum atomic E-state index is -0.0342. The number of nitrogens with zero attached hydrogens (tertiary/aromatic N) is 3. The minimum absolute atomic E-state index is 0. The maximum atomic E-state index is 12.5. The Balaban J connectivity index is 0.00000121. The molecule has 8 heteroatoms. The van der Waals surface area contributed by atoms with Crippen molar-refractivity contribution < 1.29 is 4.79 Å². The zero-order valence-corrected chi connectivity index (χ0v) is 16.1. The van der Waals surface area contributed by atoms with Crippen LogP contribution in [-0.2, 0) is 11.3 Å². The third-order valence-electron chi connectivity index (χ3n) is 5.22. The Morgan fingerprint density at radius 1 is 1.27 bits per heavy atom. The fourth-order valence-corrected chi connectivity index (χ4v) is 3.94. The Labute approximate surface area is 166 Å². The molecular formula is C18H25Cl2N5O. The fourth-order valence-electron chi connectivity index (χ4n) is 3.94. The van der Waals surface area contributed by atoms with Gasteiger partial charge in [-0.2, -0.15) is 0 Å². The van der Waals surface area contributed by atoms with E-state index in [0.29, 0.717) is 18.5 Å². The van der Waals surface area contributed by atoms with Crippen molar-refractivity contribution in [3.05, 3.63) is 42.6 Å². The second kappa shape index (κ2) is 9.35. The first-order valence-corrected chi connectivity index (χ1v) is 8.76. The van der Waals surface area contributed by atoms with Gasteiger partial charge in [0.15, 0.2) is 0 Å². The molecule has 3 unspecified atom stereocenters. The number of carbonyl (C=O) groups is 1. The lowest BCUT2D eigenvalue weighted by molar-refractivity contribution is -0.123. The molecule has 2 aromatic rings. The predicted octanol–water partition coefficient (Wildman–Crippen LogP) is 2.65. The quantitative estimate of drug-likeness (QED) is 0.831. The standard InChI is InChI=1S/C18H23N5O.2ClH/c24-18(16-10-14-3-1-2-4-15(14)22-16)21-11-13-5-6-20-17(9-13)23-8-7-19-12-23;;/h5-9,12,14-16,22H,1-4,10-11H2,(H,21,24);2*1H. The Hall–Kier alpha value is -1.63. The lowest BCUT2D eigenvalue weighted by atomic mass is 9.85. The first kappa shape index (κ1) is 20.7. The molecule has 2 aliphatic rings. The highest BCUT2D eigenvalue weighted by Gasteiger charge is 2.37. The molecule has 2 N–H and O–H groups in total. The lowest BCUT2D eigenvalue weighted by Crippen LogP contribution is -2.42. The van der Waals surface area contributed by atoms with Gasteiger partial charge in [0.1, 0.15) is 12.1 Å². The van der Waals surface area contributed by atoms with E-state index in [2.05, 4.69) is 20.6 Å². The van der Waals surface area contributed by atoms with Gasteiger partial charge >= 0.3 is 0 Å². The van der Waals surface area contributed by atoms with Gasteiger partial charge in [0.2, 0.25) is 5.91 Å². The molecule has 1 saturated heterocycles. The van der Waals surface area contributed by atoms with Crippen LogP contribution in [0.5, 0.6) is 0 Å². The van der Waals surface area contributed by atoms with E-state index in [0.717, 1.165) is 17.8 Å². The van der Waals surface area contributed by atoms with E-state index in [-0.39, 0.29) is 36.8 Å². The molecule has 3 atom stereocenters. The molecule has 1 saturated carbocycles. The molecule has 1 amide bonds. The van der Waals surface area contributed by atoms with Crippen LogP contribution in [-0.4, -0.2) is 32.5 Å². The van der Waals surface area contributed by atoms with Gasteiger partial charge in [-0.15, -0.1) is 24.8 Å². The highest BCUT2D eigenvalue weighted by Crippen LogP contribution is 2.33. The summed E-state index contributed by atoms with van der Waals surface area (Å²) >= 11 is 0. The van der Waals surface area contributed by atoms with Crippen LogP contribution in [0.15, 0.2) is 37.1 Å². The first-order valence-electron chi connectivity index (χ1n) is 8.76. The number of rotatable bonds is 4. The Morgan fingerprint density at radius 3 is 2.88 bits per heavy atom. The van der Waals surface area contributed by atoms with E-state index in [1.807, 2.05) is 22.9 Å². The van der Waals surface area contributed by atoms with Crippen LogP contribution in [0.3, 0.4) is 0 Å². The summed E-state index contributed by atoms with van der Waals surface area (Å²) in [5.74, 6) is 1.61. The van der Waals surface area contributed by atoms with Gasteiger partial charge in [-0.05, 0) is 42.9 Å². The molecule has 2 aromatic heterocycles. The van der Waals surface area contributed by atoms with Crippen LogP contribution in [0.2, 0.25) is 0 Å². The van der Waals surface area contributed by atoms with Crippen LogP contribution >= 0.6 is 24.8 Å². The summed E-state index contributed by atoms with van der Waals surface area (Å²) in [6, 6.07) is 4.42. The number of amides is 1. The summed E-state index contributed by atoms with van der Waals surface area (Å²) in [5, 5.41) is 6.59. The topological polar surface area (TPSA) is 71.8 Å². The maximum Gasteiger partial charge on any atom is 0.237 e. The van der Waals surface area contributed by atoms with E-state index in [4.69, 9.17) is 0 Å². The number of fused-ring (bicyclic) bond motifs is 1. The molecule has 26 heavy (non-hydrogen) atoms. The number of hydrogen-bond acceptors (Lipinski definition) is 4. The molecule has 142 valence electrons. The van der Waals surface area contributed by atoms with Crippen LogP contribution in [0.25, 0.3) is 5.82 Å². The zero-order chi connectivity index (χ0) is 16.4. The van der Waals surface area contributed by atoms with Gasteiger partial charge in [-0.1, -0.05) is 12.8 Å². The van der Waals surface area contributed by atoms with Crippen LogP contribution in [0.4, 0.5) is 0 Å². The zero-order valence-electron chi connectivity index (χ0n) is 14.5. The van der Waals surface area contributed by atoms with Crippen molar-refractivity contribution in [2.24, 2.45) is 5.92 Å². The molecule has 2 fully saturated rings. The second-order valence-corrected chi connectivity index (χ2v) is 6.82. The number of carbonyl (C=O) groups excluding carboxylic acids is 1. The molecule has 0 bridgehead atoms. The van der Waals surface area contributed by atoms with Gasteiger partial charge < -0.3 is 10.6 Å². The number of imidazole rings is 1. The third-order valence-corrected chi connectivity index (χ3v) is 5.22. The van der Waals surface area contributed by atoms with E-state index < -0.39 is 0 Å². The van der Waals surface area contributed by atoms with E-state index in [1.165, 1.54) is 25.7 Å². The average Bonchev–Trinajstić information content (AvgIpc) is 3.29. The Morgan fingerprint density at radius 2 is 2.12 bits per heavy atom. The molecule has 3 heterocycles. The van der Waals surface area contributed by atoms with Crippen LogP contribution in [0.1, 0.15) is 37.7 Å². The van der Waals surface area contributed by atoms with Gasteiger partial charge in [0.05, 0.1) is 6.04 Å². The molecule has 1 aliphatic heterocycles. The Kier molecular flexibility index (Phi) is 7.43. The smallest absolute Gasteiger partial charge is 0.237 e. The van der Waals surface area contributed by atoms with Crippen molar-refractivity contribution in [2.45, 2.75) is 50.7 Å². The van der Waals surface area contributed by atoms with Crippen molar-refractivity contribution in [1.82, 2.24) is 25.2 Å². The Bertz CT molecular complexity index is 695. The number of hydrogen-bond donors (Lipinski definition) is 2. The number of aromatic nitrogens is 3. The lowest BCUT2D eigenvalue weighted by Gasteiger charge is -2.24. The van der Waals surface area contributed by atoms with Gasteiger partial charge in [-0.3, -0.25) is 9.36 Å². The molecule has 6 nitrogen and oxygen atoms in total. The minimum Gasteiger partial charge on any atom is -0.351 e. The van der Waals surface area contributed by atoms with Crippen molar-refractivity contribution in [3.63, 3.8) is 0 Å². The van der Waals surface area contributed by atoms with Crippen molar-refractivity contribution in [2.75, 3.05) is 0 Å². The van der Waals surface area contributed by atoms with Crippen molar-refractivity contribution in [1.29, 1.82) is 0 Å². The van der Waals surface area contributed by atoms with Crippen LogP contribution < -0.4 is 10.6 Å². The summed E-state index contributed by atoms with van der Waals surface area (Å²) in [6.07, 6.45) is 13.1. The highest BCUT2D eigenvalue weighted by atomic mass is 35.5. The summed E-state index contributed by atoms with van der Waals surface area (Å²) in [4.78, 5) is 20.8. The number of nitrogens with one attached hydrogen (secondary N) is 2. The summed E-state index contributed by atoms with van der Waals surface area (Å²) in [5.41, 5.74) is 1.04. The SMILES string of the molecule is Cl.Cl.O=C(NCc1ccnc(-n2ccnc2)c1)C1CC2CCCCC2N1. The van der Waals surface area contributed by atoms with Gasteiger partial charge in [0.25, 0.3) is 0 Å². The normalized spacial score (nSPS) is 24.1. The molecule has 0 aromatic carbocycles. The van der Waals surface area contributed by atoms with Crippen molar-refractivity contribution >= 4 is 30.7 Å². The molecule has 0 spiro atoms. The molecule has 1 aliphatic carbocycles. The largest absolute Gasteiger partial charge is 0.351 e. The molecule has 4 rings (SSSR count). The molecule has 0 radical (unpaired) electrons.